The van der Waals surface area contributed by atoms with Crippen molar-refractivity contribution >= 4 is 21.4 Å². The molecule has 0 saturated carbocycles. The zero-order valence-corrected chi connectivity index (χ0v) is 12.9. The molecule has 1 aromatic heterocycles. The summed E-state index contributed by atoms with van der Waals surface area (Å²) in [7, 11) is -0.654. The standard InChI is InChI=1S/C13H18N4O3S/c1-9-7-16-12(20-9)8-15-10-5-4-6-11(13(10)14)21(18,19)17(2)3/h4-7,15H,8,14H2,1-3H3. The van der Waals surface area contributed by atoms with Crippen molar-refractivity contribution < 1.29 is 12.8 Å². The van der Waals surface area contributed by atoms with Crippen LogP contribution in [0.2, 0.25) is 0 Å². The van der Waals surface area contributed by atoms with Crippen molar-refractivity contribution in [2.75, 3.05) is 25.1 Å². The van der Waals surface area contributed by atoms with E-state index < -0.39 is 10.0 Å². The number of para-hydroxylation sites is 1. The number of oxazole rings is 1. The highest BCUT2D eigenvalue weighted by atomic mass is 32.2. The third kappa shape index (κ3) is 3.17. The number of sulfonamides is 1. The lowest BCUT2D eigenvalue weighted by molar-refractivity contribution is 0.479. The van der Waals surface area contributed by atoms with Gasteiger partial charge >= 0.3 is 0 Å². The summed E-state index contributed by atoms with van der Waals surface area (Å²) >= 11 is 0. The molecule has 0 spiro atoms. The van der Waals surface area contributed by atoms with Gasteiger partial charge in [0.2, 0.25) is 15.9 Å². The molecular formula is C13H18N4O3S. The third-order valence-electron chi connectivity index (χ3n) is 2.92. The van der Waals surface area contributed by atoms with Gasteiger partial charge < -0.3 is 15.5 Å². The van der Waals surface area contributed by atoms with Gasteiger partial charge in [0.15, 0.2) is 0 Å². The van der Waals surface area contributed by atoms with Gasteiger partial charge in [-0.15, -0.1) is 0 Å². The molecule has 0 fully saturated rings. The molecule has 21 heavy (non-hydrogen) atoms. The summed E-state index contributed by atoms with van der Waals surface area (Å²) in [6.45, 7) is 2.12. The van der Waals surface area contributed by atoms with Gasteiger partial charge in [-0.2, -0.15) is 0 Å². The number of rotatable bonds is 5. The van der Waals surface area contributed by atoms with E-state index in [-0.39, 0.29) is 10.6 Å². The predicted molar refractivity (Wildman–Crippen MR) is 80.3 cm³/mol. The second-order valence-corrected chi connectivity index (χ2v) is 6.84. The molecular weight excluding hydrogens is 292 g/mol. The fourth-order valence-electron chi connectivity index (χ4n) is 1.77. The van der Waals surface area contributed by atoms with Gasteiger partial charge in [0.1, 0.15) is 10.7 Å². The van der Waals surface area contributed by atoms with Crippen LogP contribution in [0.25, 0.3) is 0 Å². The Morgan fingerprint density at radius 1 is 1.38 bits per heavy atom. The number of hydrogen-bond acceptors (Lipinski definition) is 6. The first-order valence-electron chi connectivity index (χ1n) is 6.28. The highest BCUT2D eigenvalue weighted by Gasteiger charge is 2.21. The lowest BCUT2D eigenvalue weighted by atomic mass is 10.2. The summed E-state index contributed by atoms with van der Waals surface area (Å²) in [6, 6.07) is 4.82. The van der Waals surface area contributed by atoms with Gasteiger partial charge in [0, 0.05) is 14.1 Å². The van der Waals surface area contributed by atoms with Gasteiger partial charge in [-0.25, -0.2) is 17.7 Å². The van der Waals surface area contributed by atoms with Crippen LogP contribution in [0.3, 0.4) is 0 Å². The third-order valence-corrected chi connectivity index (χ3v) is 4.80. The van der Waals surface area contributed by atoms with Crippen molar-refractivity contribution in [2.24, 2.45) is 0 Å². The average molecular weight is 310 g/mol. The average Bonchev–Trinajstić information content (AvgIpc) is 2.83. The molecule has 2 rings (SSSR count). The van der Waals surface area contributed by atoms with Crippen molar-refractivity contribution in [3.05, 3.63) is 36.0 Å². The Balaban J connectivity index is 2.26. The van der Waals surface area contributed by atoms with Crippen LogP contribution in [0.1, 0.15) is 11.7 Å². The van der Waals surface area contributed by atoms with Crippen LogP contribution in [0, 0.1) is 6.92 Å². The van der Waals surface area contributed by atoms with E-state index in [1.165, 1.54) is 20.2 Å². The molecule has 1 aromatic carbocycles. The topological polar surface area (TPSA) is 101 Å². The van der Waals surface area contributed by atoms with E-state index in [9.17, 15) is 8.42 Å². The predicted octanol–water partition coefficient (Wildman–Crippen LogP) is 1.43. The largest absolute Gasteiger partial charge is 0.444 e. The van der Waals surface area contributed by atoms with E-state index in [0.717, 1.165) is 4.31 Å². The van der Waals surface area contributed by atoms with E-state index in [4.69, 9.17) is 10.2 Å². The second-order valence-electron chi connectivity index (χ2n) is 4.72. The molecule has 0 radical (unpaired) electrons. The first-order valence-corrected chi connectivity index (χ1v) is 7.72. The molecule has 7 nitrogen and oxygen atoms in total. The van der Waals surface area contributed by atoms with Gasteiger partial charge in [-0.3, -0.25) is 0 Å². The first-order chi connectivity index (χ1) is 9.82. The van der Waals surface area contributed by atoms with Crippen LogP contribution in [0.15, 0.2) is 33.7 Å². The number of nitrogen functional groups attached to an aromatic ring is 1. The van der Waals surface area contributed by atoms with E-state index in [0.29, 0.717) is 23.9 Å². The lowest BCUT2D eigenvalue weighted by Crippen LogP contribution is -2.23. The summed E-state index contributed by atoms with van der Waals surface area (Å²) in [4.78, 5) is 4.13. The van der Waals surface area contributed by atoms with Gasteiger partial charge in [-0.1, -0.05) is 6.07 Å². The van der Waals surface area contributed by atoms with Crippen LogP contribution in [0.4, 0.5) is 11.4 Å². The monoisotopic (exact) mass is 310 g/mol. The van der Waals surface area contributed by atoms with Gasteiger partial charge in [-0.05, 0) is 19.1 Å². The van der Waals surface area contributed by atoms with Crippen LogP contribution >= 0.6 is 0 Å². The van der Waals surface area contributed by atoms with Crippen LogP contribution in [-0.4, -0.2) is 31.8 Å². The van der Waals surface area contributed by atoms with Crippen molar-refractivity contribution in [1.29, 1.82) is 0 Å². The first kappa shape index (κ1) is 15.3. The van der Waals surface area contributed by atoms with Crippen LogP contribution in [0.5, 0.6) is 0 Å². The Bertz CT molecular complexity index is 738. The number of benzene rings is 1. The minimum absolute atomic E-state index is 0.0704. The zero-order valence-electron chi connectivity index (χ0n) is 12.1. The van der Waals surface area contributed by atoms with Crippen molar-refractivity contribution in [3.63, 3.8) is 0 Å². The number of nitrogens with two attached hydrogens (primary N) is 1. The molecule has 3 N–H and O–H groups in total. The molecule has 0 amide bonds. The van der Waals surface area contributed by atoms with Crippen molar-refractivity contribution in [3.8, 4) is 0 Å². The van der Waals surface area contributed by atoms with E-state index >= 15 is 0 Å². The maximum atomic E-state index is 12.2. The Morgan fingerprint density at radius 3 is 2.67 bits per heavy atom. The fourth-order valence-corrected chi connectivity index (χ4v) is 2.81. The van der Waals surface area contributed by atoms with Gasteiger partial charge in [0.05, 0.1) is 24.1 Å². The van der Waals surface area contributed by atoms with Crippen LogP contribution < -0.4 is 11.1 Å². The molecule has 2 aromatic rings. The maximum absolute atomic E-state index is 12.2. The molecule has 0 atom stereocenters. The highest BCUT2D eigenvalue weighted by Crippen LogP contribution is 2.28. The Hall–Kier alpha value is -2.06. The number of nitrogens with zero attached hydrogens (tertiary/aromatic N) is 2. The summed E-state index contributed by atoms with van der Waals surface area (Å²) < 4.78 is 30.8. The SMILES string of the molecule is Cc1cnc(CNc2cccc(S(=O)(=O)N(C)C)c2N)o1. The lowest BCUT2D eigenvalue weighted by Gasteiger charge is -2.16. The number of aryl methyl sites for hydroxylation is 1. The minimum Gasteiger partial charge on any atom is -0.444 e. The Labute approximate surface area is 123 Å². The van der Waals surface area contributed by atoms with Gasteiger partial charge in [0.25, 0.3) is 0 Å². The summed E-state index contributed by atoms with van der Waals surface area (Å²) in [5.41, 5.74) is 6.65. The zero-order chi connectivity index (χ0) is 15.6. The Morgan fingerprint density at radius 2 is 2.10 bits per heavy atom. The molecule has 0 aliphatic rings. The summed E-state index contributed by atoms with van der Waals surface area (Å²) in [5.74, 6) is 1.22. The van der Waals surface area contributed by atoms with E-state index in [1.807, 2.05) is 0 Å². The minimum atomic E-state index is -3.58. The molecule has 0 saturated heterocycles. The van der Waals surface area contributed by atoms with Crippen molar-refractivity contribution in [1.82, 2.24) is 9.29 Å². The number of hydrogen-bond donors (Lipinski definition) is 2. The second kappa shape index (κ2) is 5.74. The molecule has 114 valence electrons. The molecule has 0 aliphatic carbocycles. The highest BCUT2D eigenvalue weighted by molar-refractivity contribution is 7.89. The maximum Gasteiger partial charge on any atom is 0.244 e. The smallest absolute Gasteiger partial charge is 0.244 e. The summed E-state index contributed by atoms with van der Waals surface area (Å²) in [5, 5.41) is 3.03. The quantitative estimate of drug-likeness (QED) is 0.810. The number of anilines is 2. The number of aromatic nitrogens is 1. The molecule has 8 heteroatoms. The van der Waals surface area contributed by atoms with Crippen LogP contribution in [-0.2, 0) is 16.6 Å². The Kier molecular flexibility index (Phi) is 4.19. The summed E-state index contributed by atoms with van der Waals surface area (Å²) in [6.07, 6.45) is 1.62. The van der Waals surface area contributed by atoms with E-state index in [1.54, 1.807) is 25.3 Å². The van der Waals surface area contributed by atoms with E-state index in [2.05, 4.69) is 10.3 Å². The normalized spacial score (nSPS) is 11.8. The molecule has 0 bridgehead atoms. The fraction of sp³-hybridized carbons (Fsp3) is 0.308. The number of nitrogens with one attached hydrogen (secondary N) is 1. The van der Waals surface area contributed by atoms with Crippen molar-refractivity contribution in [2.45, 2.75) is 18.4 Å². The molecule has 0 unspecified atom stereocenters. The molecule has 0 aliphatic heterocycles. The molecule has 1 heterocycles.